The van der Waals surface area contributed by atoms with Gasteiger partial charge >= 0.3 is 5.97 Å². The van der Waals surface area contributed by atoms with Crippen LogP contribution in [0.15, 0.2) is 85.1 Å². The van der Waals surface area contributed by atoms with Gasteiger partial charge in [-0.2, -0.15) is 0 Å². The van der Waals surface area contributed by atoms with Crippen LogP contribution in [0.2, 0.25) is 0 Å². The van der Waals surface area contributed by atoms with Crippen molar-refractivity contribution in [2.45, 2.75) is 274 Å². The highest BCUT2D eigenvalue weighted by Gasteiger charge is 2.47. The Morgan fingerprint density at radius 2 is 0.844 bits per heavy atom. The molecule has 0 aromatic rings. The van der Waals surface area contributed by atoms with Crippen molar-refractivity contribution in [1.29, 1.82) is 0 Å². The monoisotopic (exact) mass is 1090 g/mol. The zero-order valence-corrected chi connectivity index (χ0v) is 47.7. The molecule has 2 heterocycles. The molecule has 2 saturated heterocycles. The molecular weight excluding hydrogens is 981 g/mol. The van der Waals surface area contributed by atoms with Gasteiger partial charge in [-0.3, -0.25) is 4.79 Å². The van der Waals surface area contributed by atoms with Crippen molar-refractivity contribution in [2.75, 3.05) is 33.0 Å². The molecule has 14 heteroatoms. The molecule has 11 atom stereocenters. The first kappa shape index (κ1) is 70.3. The number of hydrogen-bond donors (Lipinski definition) is 7. The molecule has 2 aliphatic heterocycles. The fourth-order valence-electron chi connectivity index (χ4n) is 9.05. The van der Waals surface area contributed by atoms with Gasteiger partial charge in [-0.05, 0) is 89.9 Å². The quantitative estimate of drug-likeness (QED) is 0.0172. The summed E-state index contributed by atoms with van der Waals surface area (Å²) in [6.07, 6.45) is 47.9. The molecule has 0 aromatic carbocycles. The summed E-state index contributed by atoms with van der Waals surface area (Å²) >= 11 is 0. The van der Waals surface area contributed by atoms with Gasteiger partial charge in [0.05, 0.1) is 26.4 Å². The summed E-state index contributed by atoms with van der Waals surface area (Å²) in [5.74, 6) is -0.394. The SMILES string of the molecule is CC/C=C\C/C=C\C/C=C\C/C=C\C/C=C\CCCCOCC(COC1OC(COC2OC(CO)C(O)C(O)C2O)C(O)C(O)C1O)OC(=O)CCCCCCCCCCCCCCC/C=C\C/C=C\CCCCCCC. The van der Waals surface area contributed by atoms with Crippen LogP contribution in [0, 0.1) is 0 Å². The highest BCUT2D eigenvalue weighted by atomic mass is 16.7. The van der Waals surface area contributed by atoms with Crippen LogP contribution in [0.4, 0.5) is 0 Å². The zero-order chi connectivity index (χ0) is 55.8. The zero-order valence-electron chi connectivity index (χ0n) is 47.7. The molecule has 0 aliphatic carbocycles. The van der Waals surface area contributed by atoms with Crippen molar-refractivity contribution >= 4 is 5.97 Å². The van der Waals surface area contributed by atoms with Crippen LogP contribution in [0.1, 0.15) is 206 Å². The minimum atomic E-state index is -1.72. The molecule has 7 N–H and O–H groups in total. The molecule has 2 rings (SSSR count). The third-order valence-electron chi connectivity index (χ3n) is 13.9. The predicted octanol–water partition coefficient (Wildman–Crippen LogP) is 11.2. The van der Waals surface area contributed by atoms with Crippen molar-refractivity contribution in [3.63, 3.8) is 0 Å². The first-order valence-corrected chi connectivity index (χ1v) is 30.2. The summed E-state index contributed by atoms with van der Waals surface area (Å²) in [4.78, 5) is 13.1. The summed E-state index contributed by atoms with van der Waals surface area (Å²) < 4.78 is 34.3. The van der Waals surface area contributed by atoms with Crippen LogP contribution < -0.4 is 0 Å². The topological polar surface area (TPSA) is 214 Å². The standard InChI is InChI=1S/C63H108O14/c1-3-5-7-9-11-13-15-17-19-21-23-24-25-26-27-28-29-30-32-34-36-38-40-42-44-46-55(65)75-52(49-72-47-45-43-41-39-37-35-33-31-22-20-18-16-14-12-10-8-6-4-2)50-73-62-61(71)59(69)57(67)54(77-62)51-74-63-60(70)58(68)56(66)53(48-64)76-63/h6,8,12,14-15,17-18,20-21,23,31,33,37,39,52-54,56-64,66-71H,3-5,7,9-11,13,16,19,22,24-30,32,34-36,38,40-51H2,1-2H3/b8-6-,14-12-,17-15-,20-18-,23-21-,33-31-,39-37-. The minimum Gasteiger partial charge on any atom is -0.457 e. The van der Waals surface area contributed by atoms with E-state index in [-0.39, 0.29) is 19.6 Å². The van der Waals surface area contributed by atoms with Crippen LogP contribution in [-0.2, 0) is 33.2 Å². The number of allylic oxidation sites excluding steroid dienone is 14. The van der Waals surface area contributed by atoms with Crippen molar-refractivity contribution in [2.24, 2.45) is 0 Å². The van der Waals surface area contributed by atoms with Crippen molar-refractivity contribution < 1.29 is 69.0 Å². The highest BCUT2D eigenvalue weighted by molar-refractivity contribution is 5.69. The van der Waals surface area contributed by atoms with Gasteiger partial charge in [0.2, 0.25) is 0 Å². The van der Waals surface area contributed by atoms with Gasteiger partial charge in [-0.1, -0.05) is 195 Å². The average molecular weight is 1090 g/mol. The van der Waals surface area contributed by atoms with E-state index < -0.39 is 86.7 Å². The number of ether oxygens (including phenoxy) is 6. The smallest absolute Gasteiger partial charge is 0.306 e. The fourth-order valence-corrected chi connectivity index (χ4v) is 9.05. The number of esters is 1. The summed E-state index contributed by atoms with van der Waals surface area (Å²) in [5.41, 5.74) is 0. The lowest BCUT2D eigenvalue weighted by molar-refractivity contribution is -0.332. The van der Waals surface area contributed by atoms with Gasteiger partial charge in [0.1, 0.15) is 54.9 Å². The summed E-state index contributed by atoms with van der Waals surface area (Å²) in [7, 11) is 0. The third-order valence-corrected chi connectivity index (χ3v) is 13.9. The Balaban J connectivity index is 1.71. The van der Waals surface area contributed by atoms with Gasteiger partial charge in [0.15, 0.2) is 12.6 Å². The first-order valence-electron chi connectivity index (χ1n) is 30.2. The van der Waals surface area contributed by atoms with Crippen molar-refractivity contribution in [3.05, 3.63) is 85.1 Å². The van der Waals surface area contributed by atoms with E-state index in [9.17, 15) is 40.5 Å². The Morgan fingerprint density at radius 3 is 1.32 bits per heavy atom. The largest absolute Gasteiger partial charge is 0.457 e. The van der Waals surface area contributed by atoms with E-state index in [4.69, 9.17) is 28.4 Å². The highest BCUT2D eigenvalue weighted by Crippen LogP contribution is 2.27. The van der Waals surface area contributed by atoms with Crippen LogP contribution in [0.3, 0.4) is 0 Å². The van der Waals surface area contributed by atoms with Crippen LogP contribution in [0.25, 0.3) is 0 Å². The molecule has 2 fully saturated rings. The molecule has 0 radical (unpaired) electrons. The second-order valence-electron chi connectivity index (χ2n) is 20.8. The van der Waals surface area contributed by atoms with E-state index in [2.05, 4.69) is 98.9 Å². The summed E-state index contributed by atoms with van der Waals surface area (Å²) in [6, 6.07) is 0. The molecule has 0 spiro atoms. The first-order chi connectivity index (χ1) is 37.6. The van der Waals surface area contributed by atoms with Crippen LogP contribution in [0.5, 0.6) is 0 Å². The number of hydrogen-bond acceptors (Lipinski definition) is 14. The molecule has 0 bridgehead atoms. The Morgan fingerprint density at radius 1 is 0.442 bits per heavy atom. The fraction of sp³-hybridized carbons (Fsp3) is 0.762. The normalized spacial score (nSPS) is 24.9. The second kappa shape index (κ2) is 49.0. The second-order valence-corrected chi connectivity index (χ2v) is 20.8. The molecule has 11 unspecified atom stereocenters. The number of carbonyl (C=O) groups is 1. The Hall–Kier alpha value is -2.83. The lowest BCUT2D eigenvalue weighted by Gasteiger charge is -2.42. The van der Waals surface area contributed by atoms with Crippen molar-refractivity contribution in [3.8, 4) is 0 Å². The van der Waals surface area contributed by atoms with E-state index >= 15 is 0 Å². The van der Waals surface area contributed by atoms with E-state index in [1.54, 1.807) is 0 Å². The molecule has 14 nitrogen and oxygen atoms in total. The molecular formula is C63H108O14. The van der Waals surface area contributed by atoms with Crippen LogP contribution in [-0.4, -0.2) is 142 Å². The maximum Gasteiger partial charge on any atom is 0.306 e. The number of aliphatic hydroxyl groups is 7. The predicted molar refractivity (Wildman–Crippen MR) is 307 cm³/mol. The maximum absolute atomic E-state index is 13.1. The molecule has 444 valence electrons. The van der Waals surface area contributed by atoms with E-state index in [1.807, 2.05) is 0 Å². The van der Waals surface area contributed by atoms with E-state index in [0.717, 1.165) is 77.0 Å². The van der Waals surface area contributed by atoms with Gasteiger partial charge in [0, 0.05) is 13.0 Å². The van der Waals surface area contributed by atoms with Crippen LogP contribution >= 0.6 is 0 Å². The van der Waals surface area contributed by atoms with Gasteiger partial charge < -0.3 is 64.2 Å². The number of unbranched alkanes of at least 4 members (excludes halogenated alkanes) is 20. The maximum atomic E-state index is 13.1. The van der Waals surface area contributed by atoms with Gasteiger partial charge in [-0.25, -0.2) is 0 Å². The van der Waals surface area contributed by atoms with Gasteiger partial charge in [-0.15, -0.1) is 0 Å². The number of aliphatic hydroxyl groups excluding tert-OH is 7. The Labute approximate surface area is 465 Å². The van der Waals surface area contributed by atoms with Crippen molar-refractivity contribution in [1.82, 2.24) is 0 Å². The summed E-state index contributed by atoms with van der Waals surface area (Å²) in [5, 5.41) is 72.4. The molecule has 0 amide bonds. The minimum absolute atomic E-state index is 0.0281. The Kier molecular flexibility index (Phi) is 44.7. The molecule has 0 aromatic heterocycles. The van der Waals surface area contributed by atoms with E-state index in [1.165, 1.54) is 103 Å². The lowest BCUT2D eigenvalue weighted by Crippen LogP contribution is -2.61. The third kappa shape index (κ3) is 35.5. The Bertz CT molecular complexity index is 1590. The molecule has 2 aliphatic rings. The lowest BCUT2D eigenvalue weighted by atomic mass is 9.98. The number of carbonyl (C=O) groups excluding carboxylic acids is 1. The molecule has 77 heavy (non-hydrogen) atoms. The summed E-state index contributed by atoms with van der Waals surface area (Å²) in [6.45, 7) is 3.46. The average Bonchev–Trinajstić information content (AvgIpc) is 3.43. The number of rotatable bonds is 48. The molecule has 0 saturated carbocycles. The van der Waals surface area contributed by atoms with E-state index in [0.29, 0.717) is 13.0 Å². The van der Waals surface area contributed by atoms with Gasteiger partial charge in [0.25, 0.3) is 0 Å².